The minimum atomic E-state index is -0.220. The molecule has 1 N–H and O–H groups in total. The summed E-state index contributed by atoms with van der Waals surface area (Å²) in [5.41, 5.74) is 2.07. The standard InChI is InChI=1S/C18H23FN4OS/c1-3-16-13(2)25-18(20-16)21-17(24)12-22-8-10-23(11-9-22)15-6-4-14(19)5-7-15/h4-7H,3,8-12H2,1-2H3,(H,20,21,24). The summed E-state index contributed by atoms with van der Waals surface area (Å²) in [6.45, 7) is 7.74. The van der Waals surface area contributed by atoms with E-state index in [-0.39, 0.29) is 11.7 Å². The third-order valence-corrected chi connectivity index (χ3v) is 5.33. The molecule has 0 saturated carbocycles. The van der Waals surface area contributed by atoms with Crippen LogP contribution >= 0.6 is 11.3 Å². The Hall–Kier alpha value is -1.99. The van der Waals surface area contributed by atoms with E-state index in [2.05, 4.69) is 27.0 Å². The number of hydrogen-bond acceptors (Lipinski definition) is 5. The monoisotopic (exact) mass is 362 g/mol. The summed E-state index contributed by atoms with van der Waals surface area (Å²) < 4.78 is 13.0. The zero-order valence-corrected chi connectivity index (χ0v) is 15.4. The lowest BCUT2D eigenvalue weighted by atomic mass is 10.2. The number of carbonyl (C=O) groups is 1. The van der Waals surface area contributed by atoms with Crippen LogP contribution in [0, 0.1) is 12.7 Å². The summed E-state index contributed by atoms with van der Waals surface area (Å²) in [5, 5.41) is 3.59. The summed E-state index contributed by atoms with van der Waals surface area (Å²) in [4.78, 5) is 22.2. The Morgan fingerprint density at radius 3 is 2.52 bits per heavy atom. The lowest BCUT2D eigenvalue weighted by molar-refractivity contribution is -0.117. The third kappa shape index (κ3) is 4.55. The van der Waals surface area contributed by atoms with Gasteiger partial charge in [0.25, 0.3) is 0 Å². The molecule has 0 aliphatic carbocycles. The Morgan fingerprint density at radius 2 is 1.92 bits per heavy atom. The van der Waals surface area contributed by atoms with Crippen LogP contribution in [0.2, 0.25) is 0 Å². The summed E-state index contributed by atoms with van der Waals surface area (Å²) in [6.07, 6.45) is 0.879. The van der Waals surface area contributed by atoms with Gasteiger partial charge in [-0.25, -0.2) is 9.37 Å². The van der Waals surface area contributed by atoms with Gasteiger partial charge in [-0.2, -0.15) is 0 Å². The molecule has 0 atom stereocenters. The van der Waals surface area contributed by atoms with Crippen LogP contribution in [0.25, 0.3) is 0 Å². The van der Waals surface area contributed by atoms with E-state index in [1.165, 1.54) is 23.5 Å². The van der Waals surface area contributed by atoms with Crippen molar-refractivity contribution < 1.29 is 9.18 Å². The predicted octanol–water partition coefficient (Wildman–Crippen LogP) is 2.91. The van der Waals surface area contributed by atoms with Crippen molar-refractivity contribution in [2.75, 3.05) is 42.9 Å². The Labute approximate surface area is 151 Å². The maximum absolute atomic E-state index is 13.0. The SMILES string of the molecule is CCc1nc(NC(=O)CN2CCN(c3ccc(F)cc3)CC2)sc1C. The number of benzene rings is 1. The number of halogens is 1. The van der Waals surface area contributed by atoms with Gasteiger partial charge in [0.2, 0.25) is 5.91 Å². The summed E-state index contributed by atoms with van der Waals surface area (Å²) in [5.74, 6) is -0.241. The lowest BCUT2D eigenvalue weighted by Crippen LogP contribution is -2.48. The van der Waals surface area contributed by atoms with Gasteiger partial charge >= 0.3 is 0 Å². The molecular formula is C18H23FN4OS. The summed E-state index contributed by atoms with van der Waals surface area (Å²) in [6, 6.07) is 6.56. The van der Waals surface area contributed by atoms with E-state index in [1.54, 1.807) is 12.1 Å². The molecule has 25 heavy (non-hydrogen) atoms. The van der Waals surface area contributed by atoms with Crippen LogP contribution in [-0.4, -0.2) is 48.5 Å². The molecule has 0 radical (unpaired) electrons. The summed E-state index contributed by atoms with van der Waals surface area (Å²) in [7, 11) is 0. The molecule has 0 unspecified atom stereocenters. The van der Waals surface area contributed by atoms with E-state index in [4.69, 9.17) is 0 Å². The second kappa shape index (κ2) is 7.93. The molecule has 1 aromatic carbocycles. The topological polar surface area (TPSA) is 48.5 Å². The van der Waals surface area contributed by atoms with Gasteiger partial charge < -0.3 is 10.2 Å². The molecule has 134 valence electrons. The van der Waals surface area contributed by atoms with Crippen molar-refractivity contribution in [1.29, 1.82) is 0 Å². The van der Waals surface area contributed by atoms with Crippen LogP contribution in [0.4, 0.5) is 15.2 Å². The fraction of sp³-hybridized carbons (Fsp3) is 0.444. The minimum Gasteiger partial charge on any atom is -0.369 e. The highest BCUT2D eigenvalue weighted by Gasteiger charge is 2.20. The van der Waals surface area contributed by atoms with E-state index >= 15 is 0 Å². The molecule has 5 nitrogen and oxygen atoms in total. The van der Waals surface area contributed by atoms with Crippen molar-refractivity contribution in [3.8, 4) is 0 Å². The van der Waals surface area contributed by atoms with E-state index in [9.17, 15) is 9.18 Å². The van der Waals surface area contributed by atoms with Crippen LogP contribution in [0.5, 0.6) is 0 Å². The van der Waals surface area contributed by atoms with Gasteiger partial charge in [0.05, 0.1) is 12.2 Å². The number of piperazine rings is 1. The number of aryl methyl sites for hydroxylation is 2. The Balaban J connectivity index is 1.48. The van der Waals surface area contributed by atoms with E-state index in [0.29, 0.717) is 11.7 Å². The zero-order chi connectivity index (χ0) is 17.8. The number of rotatable bonds is 5. The van der Waals surface area contributed by atoms with Crippen molar-refractivity contribution >= 4 is 28.1 Å². The Morgan fingerprint density at radius 1 is 1.24 bits per heavy atom. The van der Waals surface area contributed by atoms with Crippen LogP contribution in [0.3, 0.4) is 0 Å². The molecule has 2 aromatic rings. The van der Waals surface area contributed by atoms with E-state index in [0.717, 1.165) is 48.9 Å². The Kier molecular flexibility index (Phi) is 5.65. The Bertz CT molecular complexity index is 723. The number of anilines is 2. The van der Waals surface area contributed by atoms with Crippen LogP contribution in [0.15, 0.2) is 24.3 Å². The number of thiazole rings is 1. The summed E-state index contributed by atoms with van der Waals surface area (Å²) >= 11 is 1.53. The second-order valence-corrected chi connectivity index (χ2v) is 7.37. The van der Waals surface area contributed by atoms with Gasteiger partial charge in [0.15, 0.2) is 5.13 Å². The van der Waals surface area contributed by atoms with Crippen molar-refractivity contribution in [3.63, 3.8) is 0 Å². The van der Waals surface area contributed by atoms with Crippen LogP contribution in [-0.2, 0) is 11.2 Å². The molecule has 1 aliphatic heterocycles. The van der Waals surface area contributed by atoms with Gasteiger partial charge in [0.1, 0.15) is 5.82 Å². The number of amides is 1. The highest BCUT2D eigenvalue weighted by Crippen LogP contribution is 2.22. The molecule has 3 rings (SSSR count). The largest absolute Gasteiger partial charge is 0.369 e. The number of aromatic nitrogens is 1. The molecule has 0 spiro atoms. The smallest absolute Gasteiger partial charge is 0.240 e. The quantitative estimate of drug-likeness (QED) is 0.889. The third-order valence-electron chi connectivity index (χ3n) is 4.41. The van der Waals surface area contributed by atoms with Gasteiger partial charge in [-0.05, 0) is 37.6 Å². The van der Waals surface area contributed by atoms with Crippen molar-refractivity contribution in [2.24, 2.45) is 0 Å². The van der Waals surface area contributed by atoms with Gasteiger partial charge in [-0.3, -0.25) is 9.69 Å². The van der Waals surface area contributed by atoms with E-state index in [1.807, 2.05) is 6.92 Å². The predicted molar refractivity (Wildman–Crippen MR) is 99.9 cm³/mol. The van der Waals surface area contributed by atoms with Crippen LogP contribution < -0.4 is 10.2 Å². The maximum Gasteiger partial charge on any atom is 0.240 e. The molecule has 0 bridgehead atoms. The first-order chi connectivity index (χ1) is 12.0. The van der Waals surface area contributed by atoms with Crippen molar-refractivity contribution in [3.05, 3.63) is 40.7 Å². The van der Waals surface area contributed by atoms with Gasteiger partial charge in [-0.15, -0.1) is 11.3 Å². The molecule has 1 saturated heterocycles. The average Bonchev–Trinajstić information content (AvgIpc) is 2.95. The van der Waals surface area contributed by atoms with E-state index < -0.39 is 0 Å². The lowest BCUT2D eigenvalue weighted by Gasteiger charge is -2.35. The molecule has 7 heteroatoms. The molecule has 1 aliphatic rings. The van der Waals surface area contributed by atoms with Gasteiger partial charge in [-0.1, -0.05) is 6.92 Å². The highest BCUT2D eigenvalue weighted by molar-refractivity contribution is 7.15. The van der Waals surface area contributed by atoms with Crippen LogP contribution in [0.1, 0.15) is 17.5 Å². The number of hydrogen-bond donors (Lipinski definition) is 1. The maximum atomic E-state index is 13.0. The molecular weight excluding hydrogens is 339 g/mol. The highest BCUT2D eigenvalue weighted by atomic mass is 32.1. The fourth-order valence-electron chi connectivity index (χ4n) is 2.99. The van der Waals surface area contributed by atoms with Crippen molar-refractivity contribution in [1.82, 2.24) is 9.88 Å². The number of nitrogens with one attached hydrogen (secondary N) is 1. The molecule has 2 heterocycles. The molecule has 1 amide bonds. The molecule has 1 fully saturated rings. The number of carbonyl (C=O) groups excluding carboxylic acids is 1. The first-order valence-electron chi connectivity index (χ1n) is 8.54. The first-order valence-corrected chi connectivity index (χ1v) is 9.36. The van der Waals surface area contributed by atoms with Gasteiger partial charge in [0, 0.05) is 36.7 Å². The fourth-order valence-corrected chi connectivity index (χ4v) is 3.91. The minimum absolute atomic E-state index is 0.0216. The number of nitrogens with zero attached hydrogens (tertiary/aromatic N) is 3. The first kappa shape index (κ1) is 17.8. The second-order valence-electron chi connectivity index (χ2n) is 6.16. The average molecular weight is 362 g/mol. The normalized spacial score (nSPS) is 15.4. The van der Waals surface area contributed by atoms with Crippen molar-refractivity contribution in [2.45, 2.75) is 20.3 Å². The zero-order valence-electron chi connectivity index (χ0n) is 14.6. The molecule has 1 aromatic heterocycles.